The minimum absolute atomic E-state index is 0.0429. The lowest BCUT2D eigenvalue weighted by Crippen LogP contribution is -2.49. The van der Waals surface area contributed by atoms with Crippen molar-refractivity contribution in [1.82, 2.24) is 14.9 Å². The van der Waals surface area contributed by atoms with Crippen LogP contribution in [0, 0.1) is 0 Å². The van der Waals surface area contributed by atoms with Crippen molar-refractivity contribution in [2.75, 3.05) is 38.2 Å². The second-order valence-electron chi connectivity index (χ2n) is 7.33. The number of aromatic nitrogens is 2. The van der Waals surface area contributed by atoms with E-state index in [9.17, 15) is 18.0 Å². The summed E-state index contributed by atoms with van der Waals surface area (Å²) in [6.45, 7) is 2.05. The van der Waals surface area contributed by atoms with Crippen LogP contribution in [-0.4, -0.2) is 54.1 Å². The fourth-order valence-electron chi connectivity index (χ4n) is 3.46. The number of ether oxygens (including phenoxy) is 2. The van der Waals surface area contributed by atoms with Gasteiger partial charge in [0.15, 0.2) is 0 Å². The van der Waals surface area contributed by atoms with Crippen LogP contribution < -0.4 is 14.4 Å². The largest absolute Gasteiger partial charge is 0.481 e. The van der Waals surface area contributed by atoms with Crippen molar-refractivity contribution in [2.24, 2.45) is 0 Å². The van der Waals surface area contributed by atoms with Gasteiger partial charge in [0.2, 0.25) is 11.8 Å². The summed E-state index contributed by atoms with van der Waals surface area (Å²) in [5.74, 6) is 1.15. The van der Waals surface area contributed by atoms with Crippen molar-refractivity contribution in [2.45, 2.75) is 6.18 Å². The van der Waals surface area contributed by atoms with Crippen LogP contribution >= 0.6 is 0 Å². The Bertz CT molecular complexity index is 1130. The maximum absolute atomic E-state index is 13.0. The molecule has 0 saturated carbocycles. The first kappa shape index (κ1) is 22.4. The molecule has 2 aromatic carbocycles. The van der Waals surface area contributed by atoms with Crippen LogP contribution in [0.4, 0.5) is 19.1 Å². The Kier molecular flexibility index (Phi) is 6.34. The highest BCUT2D eigenvalue weighted by atomic mass is 19.4. The second kappa shape index (κ2) is 9.35. The molecule has 1 aliphatic heterocycles. The first-order valence-corrected chi connectivity index (χ1v) is 10.2. The first-order chi connectivity index (χ1) is 15.8. The molecule has 0 spiro atoms. The van der Waals surface area contributed by atoms with Crippen molar-refractivity contribution in [3.8, 4) is 17.4 Å². The highest BCUT2D eigenvalue weighted by Crippen LogP contribution is 2.33. The van der Waals surface area contributed by atoms with Gasteiger partial charge in [-0.3, -0.25) is 4.79 Å². The summed E-state index contributed by atoms with van der Waals surface area (Å²) in [7, 11) is 1.54. The first-order valence-electron chi connectivity index (χ1n) is 10.2. The number of amides is 1. The molecule has 0 N–H and O–H groups in total. The van der Waals surface area contributed by atoms with Crippen molar-refractivity contribution in [1.29, 1.82) is 0 Å². The molecule has 0 atom stereocenters. The molecule has 10 heteroatoms. The van der Waals surface area contributed by atoms with Crippen LogP contribution in [0.15, 0.2) is 60.8 Å². The van der Waals surface area contributed by atoms with Crippen LogP contribution in [0.3, 0.4) is 0 Å². The quantitative estimate of drug-likeness (QED) is 0.569. The molecule has 3 aromatic rings. The molecule has 0 bridgehead atoms. The van der Waals surface area contributed by atoms with Gasteiger partial charge in [-0.2, -0.15) is 18.2 Å². The molecule has 33 heavy (non-hydrogen) atoms. The summed E-state index contributed by atoms with van der Waals surface area (Å²) in [6, 6.07) is 12.7. The molecule has 1 aliphatic rings. The Morgan fingerprint density at radius 3 is 2.36 bits per heavy atom. The number of alkyl halides is 3. The molecule has 0 aliphatic carbocycles. The van der Waals surface area contributed by atoms with Crippen molar-refractivity contribution < 1.29 is 27.4 Å². The number of carbonyl (C=O) groups is 1. The maximum atomic E-state index is 13.0. The minimum Gasteiger partial charge on any atom is -0.481 e. The zero-order valence-electron chi connectivity index (χ0n) is 17.7. The number of hydrogen-bond acceptors (Lipinski definition) is 6. The zero-order chi connectivity index (χ0) is 23.4. The molecular weight excluding hydrogens is 437 g/mol. The van der Waals surface area contributed by atoms with Crippen LogP contribution in [0.5, 0.6) is 17.4 Å². The van der Waals surface area contributed by atoms with E-state index in [1.54, 1.807) is 35.4 Å². The highest BCUT2D eigenvalue weighted by molar-refractivity contribution is 5.94. The molecule has 1 amide bonds. The zero-order valence-corrected chi connectivity index (χ0v) is 17.7. The average molecular weight is 458 g/mol. The van der Waals surface area contributed by atoms with Gasteiger partial charge in [-0.25, -0.2) is 4.98 Å². The van der Waals surface area contributed by atoms with Crippen molar-refractivity contribution in [3.05, 3.63) is 71.9 Å². The monoisotopic (exact) mass is 458 g/mol. The topological polar surface area (TPSA) is 67.8 Å². The Labute approximate surface area is 188 Å². The molecule has 0 unspecified atom stereocenters. The number of nitrogens with zero attached hydrogens (tertiary/aromatic N) is 4. The van der Waals surface area contributed by atoms with Gasteiger partial charge in [0.1, 0.15) is 11.5 Å². The van der Waals surface area contributed by atoms with E-state index >= 15 is 0 Å². The Morgan fingerprint density at radius 2 is 1.67 bits per heavy atom. The number of methoxy groups -OCH3 is 1. The lowest BCUT2D eigenvalue weighted by molar-refractivity contribution is -0.137. The third kappa shape index (κ3) is 5.33. The molecule has 172 valence electrons. The predicted molar refractivity (Wildman–Crippen MR) is 115 cm³/mol. The number of hydrogen-bond donors (Lipinski definition) is 0. The third-order valence-corrected chi connectivity index (χ3v) is 5.15. The summed E-state index contributed by atoms with van der Waals surface area (Å²) in [4.78, 5) is 25.2. The van der Waals surface area contributed by atoms with Gasteiger partial charge >= 0.3 is 6.18 Å². The fraction of sp³-hybridized carbons (Fsp3) is 0.261. The van der Waals surface area contributed by atoms with Crippen LogP contribution in [0.1, 0.15) is 15.9 Å². The van der Waals surface area contributed by atoms with Gasteiger partial charge in [-0.15, -0.1) is 0 Å². The van der Waals surface area contributed by atoms with Gasteiger partial charge in [0, 0.05) is 44.0 Å². The second-order valence-corrected chi connectivity index (χ2v) is 7.33. The SMILES string of the molecule is COc1ccnc(N2CCN(C(=O)c3cccc(Oc4cccc(C(F)(F)F)c4)c3)CC2)n1. The van der Waals surface area contributed by atoms with Gasteiger partial charge in [0.25, 0.3) is 5.91 Å². The number of benzene rings is 2. The molecule has 1 fully saturated rings. The Balaban J connectivity index is 1.41. The average Bonchev–Trinajstić information content (AvgIpc) is 2.83. The molecule has 4 rings (SSSR count). The van der Waals surface area contributed by atoms with Crippen molar-refractivity contribution in [3.63, 3.8) is 0 Å². The van der Waals surface area contributed by atoms with E-state index in [0.717, 1.165) is 12.1 Å². The van der Waals surface area contributed by atoms with E-state index < -0.39 is 11.7 Å². The Hall–Kier alpha value is -3.82. The molecule has 2 heterocycles. The molecule has 1 saturated heterocycles. The van der Waals surface area contributed by atoms with E-state index in [0.29, 0.717) is 43.6 Å². The van der Waals surface area contributed by atoms with Gasteiger partial charge in [-0.1, -0.05) is 12.1 Å². The molecular formula is C23H21F3N4O3. The van der Waals surface area contributed by atoms with E-state index in [4.69, 9.17) is 9.47 Å². The van der Waals surface area contributed by atoms with E-state index in [-0.39, 0.29) is 17.4 Å². The Morgan fingerprint density at radius 1 is 0.970 bits per heavy atom. The summed E-state index contributed by atoms with van der Waals surface area (Å²) < 4.78 is 49.5. The standard InChI is InChI=1S/C23H21F3N4O3/c1-32-20-8-9-27-22(28-20)30-12-10-29(11-13-30)21(31)16-4-2-6-18(14-16)33-19-7-3-5-17(15-19)23(24,25)26/h2-9,14-15H,10-13H2,1H3. The number of piperazine rings is 1. The van der Waals surface area contributed by atoms with Crippen molar-refractivity contribution >= 4 is 11.9 Å². The van der Waals surface area contributed by atoms with Crippen LogP contribution in [0.25, 0.3) is 0 Å². The van der Waals surface area contributed by atoms with E-state index in [1.807, 2.05) is 4.90 Å². The minimum atomic E-state index is -4.46. The highest BCUT2D eigenvalue weighted by Gasteiger charge is 2.30. The number of carbonyl (C=O) groups excluding carboxylic acids is 1. The summed E-state index contributed by atoms with van der Waals surface area (Å²) in [5.41, 5.74) is -0.407. The number of halogens is 3. The number of rotatable bonds is 5. The normalized spacial score (nSPS) is 14.2. The summed E-state index contributed by atoms with van der Waals surface area (Å²) in [6.07, 6.45) is -2.84. The molecule has 0 radical (unpaired) electrons. The van der Waals surface area contributed by atoms with Gasteiger partial charge in [-0.05, 0) is 36.4 Å². The summed E-state index contributed by atoms with van der Waals surface area (Å²) in [5, 5.41) is 0. The summed E-state index contributed by atoms with van der Waals surface area (Å²) >= 11 is 0. The fourth-order valence-corrected chi connectivity index (χ4v) is 3.46. The number of anilines is 1. The lowest BCUT2D eigenvalue weighted by Gasteiger charge is -2.34. The maximum Gasteiger partial charge on any atom is 0.416 e. The van der Waals surface area contributed by atoms with Gasteiger partial charge < -0.3 is 19.3 Å². The smallest absolute Gasteiger partial charge is 0.416 e. The van der Waals surface area contributed by atoms with Gasteiger partial charge in [0.05, 0.1) is 12.7 Å². The van der Waals surface area contributed by atoms with E-state index in [1.165, 1.54) is 25.3 Å². The van der Waals surface area contributed by atoms with Crippen LogP contribution in [-0.2, 0) is 6.18 Å². The lowest BCUT2D eigenvalue weighted by atomic mass is 10.1. The third-order valence-electron chi connectivity index (χ3n) is 5.15. The molecule has 7 nitrogen and oxygen atoms in total. The molecule has 1 aromatic heterocycles. The predicted octanol–water partition coefficient (Wildman–Crippen LogP) is 4.26. The van der Waals surface area contributed by atoms with E-state index in [2.05, 4.69) is 9.97 Å². The van der Waals surface area contributed by atoms with Crippen LogP contribution in [0.2, 0.25) is 0 Å².